The second-order valence-corrected chi connectivity index (χ2v) is 14.8. The van der Waals surface area contributed by atoms with E-state index < -0.39 is 27.8 Å². The second-order valence-electron chi connectivity index (χ2n) is 14.8. The Labute approximate surface area is 239 Å². The molecule has 0 radical (unpaired) electrons. The van der Waals surface area contributed by atoms with Crippen molar-refractivity contribution in [3.05, 3.63) is 34.9 Å². The summed E-state index contributed by atoms with van der Waals surface area (Å²) in [7, 11) is 1.81. The third-order valence-electron chi connectivity index (χ3n) is 12.8. The Hall–Kier alpha value is -2.46. The Kier molecular flexibility index (Phi) is 4.19. The van der Waals surface area contributed by atoms with Crippen LogP contribution in [0.5, 0.6) is 0 Å². The Balaban J connectivity index is 1.12. The third kappa shape index (κ3) is 2.33. The van der Waals surface area contributed by atoms with E-state index in [-0.39, 0.29) is 54.0 Å². The Morgan fingerprint density at radius 1 is 1.10 bits per heavy atom. The number of hydrogen-bond acceptors (Lipinski definition) is 8. The number of cyclic esters (lactones) is 1. The molecule has 9 rings (SSSR count). The van der Waals surface area contributed by atoms with E-state index in [1.807, 2.05) is 39.1 Å². The minimum absolute atomic E-state index is 0.0398. The number of carbonyl (C=O) groups is 2. The molecule has 3 aliphatic carbocycles. The molecule has 9 heteroatoms. The number of epoxide rings is 3. The van der Waals surface area contributed by atoms with Gasteiger partial charge in [0.25, 0.3) is 0 Å². The van der Waals surface area contributed by atoms with Gasteiger partial charge in [-0.1, -0.05) is 20.8 Å². The number of esters is 1. The minimum atomic E-state index is -1.36. The van der Waals surface area contributed by atoms with Crippen LogP contribution >= 0.6 is 0 Å². The van der Waals surface area contributed by atoms with Crippen LogP contribution in [0, 0.1) is 17.3 Å². The van der Waals surface area contributed by atoms with Gasteiger partial charge in [0.1, 0.15) is 35.6 Å². The largest absolute Gasteiger partial charge is 0.458 e. The van der Waals surface area contributed by atoms with Crippen molar-refractivity contribution < 1.29 is 33.6 Å². The van der Waals surface area contributed by atoms with Crippen LogP contribution in [0.3, 0.4) is 0 Å². The zero-order chi connectivity index (χ0) is 28.7. The standard InChI is InChI=1S/C32H38N2O7/c1-15(2)30-23(40-30)24-32(41-24)28(5)10-9-17-18(13-38-25(17)35)19(28)12-22-31(32,39-22)29(30,37)14-33-16-7-8-21-20(11-16)27(3,4)26(36)34(21)6/h7-8,11,15,19,22-24,33,37H,9-10,12-14H2,1-6H3/t19-,22-,23-,24+,28-,29-,30-,31+,32+/m0/s1. The van der Waals surface area contributed by atoms with E-state index in [9.17, 15) is 14.7 Å². The normalized spacial score (nSPS) is 48.8. The van der Waals surface area contributed by atoms with Gasteiger partial charge in [-0.15, -0.1) is 0 Å². The molecule has 5 heterocycles. The quantitative estimate of drug-likeness (QED) is 0.425. The molecule has 3 saturated heterocycles. The monoisotopic (exact) mass is 562 g/mol. The number of aliphatic hydroxyl groups is 1. The lowest BCUT2D eigenvalue weighted by molar-refractivity contribution is -0.159. The van der Waals surface area contributed by atoms with Gasteiger partial charge < -0.3 is 34.3 Å². The number of ether oxygens (including phenoxy) is 4. The summed E-state index contributed by atoms with van der Waals surface area (Å²) in [4.78, 5) is 27.1. The smallest absolute Gasteiger partial charge is 0.334 e. The maximum absolute atomic E-state index is 13.1. The van der Waals surface area contributed by atoms with Crippen LogP contribution in [-0.4, -0.2) is 77.9 Å². The number of rotatable bonds is 4. The zero-order valence-corrected chi connectivity index (χ0v) is 24.5. The lowest BCUT2D eigenvalue weighted by atomic mass is 9.44. The fourth-order valence-corrected chi connectivity index (χ4v) is 10.7. The highest BCUT2D eigenvalue weighted by molar-refractivity contribution is 6.07. The molecule has 5 aliphatic heterocycles. The van der Waals surface area contributed by atoms with Gasteiger partial charge in [-0.05, 0) is 74.3 Å². The van der Waals surface area contributed by atoms with Crippen molar-refractivity contribution in [3.8, 4) is 0 Å². The van der Waals surface area contributed by atoms with Crippen molar-refractivity contribution in [2.45, 2.75) is 100 Å². The molecule has 2 spiro atoms. The van der Waals surface area contributed by atoms with Gasteiger partial charge >= 0.3 is 5.97 Å². The lowest BCUT2D eigenvalue weighted by Crippen LogP contribution is -2.77. The summed E-state index contributed by atoms with van der Waals surface area (Å²) < 4.78 is 25.7. The summed E-state index contributed by atoms with van der Waals surface area (Å²) in [6.07, 6.45) is 1.60. The van der Waals surface area contributed by atoms with Crippen molar-refractivity contribution in [3.63, 3.8) is 0 Å². The summed E-state index contributed by atoms with van der Waals surface area (Å²) in [6.45, 7) is 11.0. The summed E-state index contributed by atoms with van der Waals surface area (Å²) in [5, 5.41) is 16.7. The molecule has 1 aromatic carbocycles. The number of fused-ring (bicyclic) bond motifs is 5. The predicted molar refractivity (Wildman–Crippen MR) is 147 cm³/mol. The maximum Gasteiger partial charge on any atom is 0.334 e. The number of benzene rings is 1. The Bertz CT molecular complexity index is 1520. The topological polar surface area (TPSA) is 116 Å². The number of hydrogen-bond donors (Lipinski definition) is 2. The van der Waals surface area contributed by atoms with Gasteiger partial charge in [0.05, 0.1) is 11.5 Å². The Morgan fingerprint density at radius 2 is 1.88 bits per heavy atom. The van der Waals surface area contributed by atoms with Crippen LogP contribution < -0.4 is 10.2 Å². The van der Waals surface area contributed by atoms with Crippen molar-refractivity contribution in [2.24, 2.45) is 17.3 Å². The first-order valence-electron chi connectivity index (χ1n) is 15.1. The average Bonchev–Trinajstić information content (AvgIpc) is 3.84. The highest BCUT2D eigenvalue weighted by atomic mass is 16.7. The van der Waals surface area contributed by atoms with Gasteiger partial charge in [0, 0.05) is 36.0 Å². The molecule has 0 aromatic heterocycles. The first-order chi connectivity index (χ1) is 19.3. The van der Waals surface area contributed by atoms with Gasteiger partial charge in [0.15, 0.2) is 5.60 Å². The predicted octanol–water partition coefficient (Wildman–Crippen LogP) is 2.84. The molecule has 41 heavy (non-hydrogen) atoms. The van der Waals surface area contributed by atoms with Gasteiger partial charge in [-0.3, -0.25) is 4.79 Å². The first kappa shape index (κ1) is 25.1. The number of nitrogens with one attached hydrogen (secondary N) is 1. The van der Waals surface area contributed by atoms with Crippen molar-refractivity contribution in [2.75, 3.05) is 30.4 Å². The van der Waals surface area contributed by atoms with Crippen LogP contribution in [0.1, 0.15) is 59.4 Å². The van der Waals surface area contributed by atoms with Gasteiger partial charge in [-0.2, -0.15) is 0 Å². The molecular weight excluding hydrogens is 524 g/mol. The summed E-state index contributed by atoms with van der Waals surface area (Å²) in [5.41, 5.74) is -0.0145. The van der Waals surface area contributed by atoms with Crippen LogP contribution in [0.15, 0.2) is 29.3 Å². The summed E-state index contributed by atoms with van der Waals surface area (Å²) in [6, 6.07) is 5.99. The second kappa shape index (κ2) is 6.85. The SMILES string of the molecule is CC(C)[C@]12O[C@H]1[C@H]1O[C@]13[C@]1(O[C@H]1C[C@H]1C4=C(CC[C@@]13C)C(=O)OC4)[C@]2(O)CNc1ccc2c(c1)C(C)(C)C(=O)N2C. The fraction of sp³-hybridized carbons (Fsp3) is 0.688. The highest BCUT2D eigenvalue weighted by Gasteiger charge is 3.04. The molecule has 218 valence electrons. The van der Waals surface area contributed by atoms with Crippen molar-refractivity contribution >= 4 is 23.3 Å². The van der Waals surface area contributed by atoms with Crippen LogP contribution in [-0.2, 0) is 34.0 Å². The molecule has 2 saturated carbocycles. The van der Waals surface area contributed by atoms with Gasteiger partial charge in [-0.25, -0.2) is 4.79 Å². The van der Waals surface area contributed by atoms with E-state index in [2.05, 4.69) is 26.1 Å². The summed E-state index contributed by atoms with van der Waals surface area (Å²) in [5.74, 6) is 0.0402. The molecule has 1 aromatic rings. The summed E-state index contributed by atoms with van der Waals surface area (Å²) >= 11 is 0. The van der Waals surface area contributed by atoms with Crippen molar-refractivity contribution in [1.82, 2.24) is 0 Å². The maximum atomic E-state index is 13.1. The average molecular weight is 563 g/mol. The van der Waals surface area contributed by atoms with E-state index in [4.69, 9.17) is 18.9 Å². The third-order valence-corrected chi connectivity index (χ3v) is 12.8. The molecule has 1 amide bonds. The first-order valence-corrected chi connectivity index (χ1v) is 15.1. The molecule has 0 bridgehead atoms. The van der Waals surface area contributed by atoms with Crippen LogP contribution in [0.4, 0.5) is 11.4 Å². The van der Waals surface area contributed by atoms with E-state index in [0.29, 0.717) is 13.0 Å². The molecule has 9 nitrogen and oxygen atoms in total. The molecule has 0 unspecified atom stereocenters. The molecule has 5 fully saturated rings. The molecule has 8 aliphatic rings. The Morgan fingerprint density at radius 3 is 2.63 bits per heavy atom. The van der Waals surface area contributed by atoms with E-state index >= 15 is 0 Å². The number of anilines is 2. The number of nitrogens with zero attached hydrogens (tertiary/aromatic N) is 1. The minimum Gasteiger partial charge on any atom is -0.458 e. The van der Waals surface area contributed by atoms with Crippen LogP contribution in [0.2, 0.25) is 0 Å². The van der Waals surface area contributed by atoms with Crippen LogP contribution in [0.25, 0.3) is 0 Å². The fourth-order valence-electron chi connectivity index (χ4n) is 10.7. The molecule has 9 atom stereocenters. The van der Waals surface area contributed by atoms with E-state index in [1.165, 1.54) is 0 Å². The zero-order valence-electron chi connectivity index (χ0n) is 24.5. The lowest BCUT2D eigenvalue weighted by Gasteiger charge is -2.56. The van der Waals surface area contributed by atoms with E-state index in [1.54, 1.807) is 4.90 Å². The van der Waals surface area contributed by atoms with Crippen molar-refractivity contribution in [1.29, 1.82) is 0 Å². The van der Waals surface area contributed by atoms with E-state index in [0.717, 1.165) is 40.9 Å². The number of carbonyl (C=O) groups excluding carboxylic acids is 2. The molecular formula is C32H38N2O7. The number of likely N-dealkylation sites (N-methyl/N-ethyl adjacent to an activating group) is 1. The highest BCUT2D eigenvalue weighted by Crippen LogP contribution is 2.85. The molecule has 2 N–H and O–H groups in total. The van der Waals surface area contributed by atoms with Gasteiger partial charge in [0.2, 0.25) is 5.91 Å². The number of amides is 1.